The van der Waals surface area contributed by atoms with E-state index >= 15 is 0 Å². The summed E-state index contributed by atoms with van der Waals surface area (Å²) in [6.07, 6.45) is 6.91. The van der Waals surface area contributed by atoms with Gasteiger partial charge in [0.1, 0.15) is 8.07 Å². The zero-order chi connectivity index (χ0) is 10.2. The average molecular weight is 196 g/mol. The second kappa shape index (κ2) is 6.94. The van der Waals surface area contributed by atoms with Crippen molar-refractivity contribution in [1.29, 1.82) is 0 Å². The first-order valence-corrected chi connectivity index (χ1v) is 8.32. The number of hydrogen-bond donors (Lipinski definition) is 1. The molecule has 0 aliphatic heterocycles. The molecule has 0 aromatic rings. The van der Waals surface area contributed by atoms with Gasteiger partial charge in [-0.15, -0.1) is 11.5 Å². The Hall–Kier alpha value is -0.523. The minimum atomic E-state index is -1.15. The topological polar surface area (TPSA) is 20.2 Å². The molecule has 0 aliphatic rings. The molecule has 0 amide bonds. The van der Waals surface area contributed by atoms with Crippen LogP contribution in [0.2, 0.25) is 19.6 Å². The van der Waals surface area contributed by atoms with E-state index in [0.717, 1.165) is 19.3 Å². The Bertz CT molecular complexity index is 202. The third-order valence-corrected chi connectivity index (χ3v) is 2.33. The molecule has 13 heavy (non-hydrogen) atoms. The highest BCUT2D eigenvalue weighted by atomic mass is 28.3. The third kappa shape index (κ3) is 11.5. The molecule has 0 heterocycles. The number of hydrogen-bond acceptors (Lipinski definition) is 1. The summed E-state index contributed by atoms with van der Waals surface area (Å²) in [5.41, 5.74) is 3.33. The maximum atomic E-state index is 8.47. The summed E-state index contributed by atoms with van der Waals surface area (Å²) in [7, 11) is -1.15. The molecule has 74 valence electrons. The Labute approximate surface area is 82.9 Å². The van der Waals surface area contributed by atoms with Crippen molar-refractivity contribution in [2.24, 2.45) is 0 Å². The third-order valence-electron chi connectivity index (χ3n) is 1.41. The van der Waals surface area contributed by atoms with Gasteiger partial charge in [0.2, 0.25) is 0 Å². The van der Waals surface area contributed by atoms with Crippen LogP contribution in [0.1, 0.15) is 19.3 Å². The number of aliphatic hydroxyl groups is 1. The van der Waals surface area contributed by atoms with Gasteiger partial charge in [-0.25, -0.2) is 0 Å². The minimum absolute atomic E-state index is 0.153. The molecule has 0 saturated carbocycles. The number of rotatable bonds is 4. The van der Waals surface area contributed by atoms with E-state index in [9.17, 15) is 0 Å². The van der Waals surface area contributed by atoms with Crippen molar-refractivity contribution in [2.75, 3.05) is 6.61 Å². The van der Waals surface area contributed by atoms with Gasteiger partial charge in [0.25, 0.3) is 0 Å². The first-order valence-electron chi connectivity index (χ1n) is 4.82. The van der Waals surface area contributed by atoms with Crippen molar-refractivity contribution in [3.63, 3.8) is 0 Å². The number of allylic oxidation sites excluding steroid dienone is 1. The van der Waals surface area contributed by atoms with Gasteiger partial charge in [0, 0.05) is 6.42 Å². The second-order valence-electron chi connectivity index (χ2n) is 4.10. The second-order valence-corrected chi connectivity index (χ2v) is 8.85. The molecule has 0 aliphatic carbocycles. The average Bonchev–Trinajstić information content (AvgIpc) is 2.01. The van der Waals surface area contributed by atoms with Crippen LogP contribution < -0.4 is 0 Å². The molecule has 0 rings (SSSR count). The van der Waals surface area contributed by atoms with Gasteiger partial charge >= 0.3 is 0 Å². The van der Waals surface area contributed by atoms with E-state index in [4.69, 9.17) is 5.11 Å². The van der Waals surface area contributed by atoms with Crippen LogP contribution in [-0.2, 0) is 0 Å². The molecule has 0 aromatic heterocycles. The van der Waals surface area contributed by atoms with Gasteiger partial charge < -0.3 is 5.11 Å². The van der Waals surface area contributed by atoms with Gasteiger partial charge in [0.05, 0.1) is 6.61 Å². The highest BCUT2D eigenvalue weighted by molar-refractivity contribution is 6.83. The molecule has 2 heteroatoms. The maximum Gasteiger partial charge on any atom is 0.129 e. The van der Waals surface area contributed by atoms with Crippen molar-refractivity contribution in [2.45, 2.75) is 38.9 Å². The largest absolute Gasteiger partial charge is 0.392 e. The summed E-state index contributed by atoms with van der Waals surface area (Å²) in [5.74, 6) is 3.22. The highest BCUT2D eigenvalue weighted by Gasteiger charge is 2.06. The predicted molar refractivity (Wildman–Crippen MR) is 61.2 cm³/mol. The van der Waals surface area contributed by atoms with Gasteiger partial charge in [-0.2, -0.15) is 0 Å². The van der Waals surface area contributed by atoms with Crippen LogP contribution in [0, 0.1) is 11.5 Å². The van der Waals surface area contributed by atoms with Crippen molar-refractivity contribution >= 4 is 8.07 Å². The lowest BCUT2D eigenvalue weighted by Crippen LogP contribution is -2.16. The zero-order valence-corrected chi connectivity index (χ0v) is 9.93. The number of aliphatic hydroxyl groups excluding tert-OH is 1. The standard InChI is InChI=1S/C11H20OSi/c1-13(2,3)11-9-7-5-4-6-8-10-12/h6,8,12H,4-5,7,10H2,1-3H3/b8-6+. The number of unbranched alkanes of at least 4 members (excludes halogenated alkanes) is 2. The van der Waals surface area contributed by atoms with Gasteiger partial charge in [-0.1, -0.05) is 31.8 Å². The van der Waals surface area contributed by atoms with E-state index in [1.807, 2.05) is 6.08 Å². The summed E-state index contributed by atoms with van der Waals surface area (Å²) in [6, 6.07) is 0. The van der Waals surface area contributed by atoms with Crippen LogP contribution >= 0.6 is 0 Å². The molecule has 0 unspecified atom stereocenters. The molecule has 1 nitrogen and oxygen atoms in total. The minimum Gasteiger partial charge on any atom is -0.392 e. The van der Waals surface area contributed by atoms with Crippen molar-refractivity contribution in [1.82, 2.24) is 0 Å². The summed E-state index contributed by atoms with van der Waals surface area (Å²) < 4.78 is 0. The summed E-state index contributed by atoms with van der Waals surface area (Å²) in [5, 5.41) is 8.47. The fraction of sp³-hybridized carbons (Fsp3) is 0.636. The Morgan fingerprint density at radius 3 is 2.46 bits per heavy atom. The summed E-state index contributed by atoms with van der Waals surface area (Å²) in [6.45, 7) is 6.92. The predicted octanol–water partition coefficient (Wildman–Crippen LogP) is 2.59. The lowest BCUT2D eigenvalue weighted by Gasteiger charge is -2.02. The molecule has 0 radical (unpaired) electrons. The van der Waals surface area contributed by atoms with Gasteiger partial charge in [0.15, 0.2) is 0 Å². The lowest BCUT2D eigenvalue weighted by molar-refractivity contribution is 0.342. The van der Waals surface area contributed by atoms with E-state index in [0.29, 0.717) is 0 Å². The smallest absolute Gasteiger partial charge is 0.129 e. The Morgan fingerprint density at radius 1 is 1.23 bits per heavy atom. The Balaban J connectivity index is 3.44. The van der Waals surface area contributed by atoms with Gasteiger partial charge in [-0.05, 0) is 12.8 Å². The molecule has 0 atom stereocenters. The Morgan fingerprint density at radius 2 is 1.92 bits per heavy atom. The molecular weight excluding hydrogens is 176 g/mol. The SMILES string of the molecule is C[Si](C)(C)C#CCCC/C=C/CO. The normalized spacial score (nSPS) is 11.4. The van der Waals surface area contributed by atoms with Crippen molar-refractivity contribution < 1.29 is 5.11 Å². The Kier molecular flexibility index (Phi) is 6.66. The fourth-order valence-corrected chi connectivity index (χ4v) is 1.48. The van der Waals surface area contributed by atoms with E-state index in [1.54, 1.807) is 6.08 Å². The van der Waals surface area contributed by atoms with E-state index in [-0.39, 0.29) is 6.61 Å². The molecule has 0 saturated heterocycles. The van der Waals surface area contributed by atoms with Crippen LogP contribution in [0.15, 0.2) is 12.2 Å². The molecular formula is C11H20OSi. The van der Waals surface area contributed by atoms with Crippen molar-refractivity contribution in [3.8, 4) is 11.5 Å². The molecule has 0 bridgehead atoms. The molecule has 1 N–H and O–H groups in total. The van der Waals surface area contributed by atoms with E-state index < -0.39 is 8.07 Å². The van der Waals surface area contributed by atoms with Crippen LogP contribution in [0.5, 0.6) is 0 Å². The zero-order valence-electron chi connectivity index (χ0n) is 8.93. The maximum absolute atomic E-state index is 8.47. The van der Waals surface area contributed by atoms with Crippen LogP contribution in [-0.4, -0.2) is 19.8 Å². The van der Waals surface area contributed by atoms with Gasteiger partial charge in [-0.3, -0.25) is 0 Å². The van der Waals surface area contributed by atoms with E-state index in [1.165, 1.54) is 0 Å². The first-order chi connectivity index (χ1) is 6.06. The lowest BCUT2D eigenvalue weighted by atomic mass is 10.2. The van der Waals surface area contributed by atoms with Crippen molar-refractivity contribution in [3.05, 3.63) is 12.2 Å². The molecule has 0 fully saturated rings. The quantitative estimate of drug-likeness (QED) is 0.317. The van der Waals surface area contributed by atoms with E-state index in [2.05, 4.69) is 31.1 Å². The first kappa shape index (κ1) is 12.5. The van der Waals surface area contributed by atoms with Crippen LogP contribution in [0.25, 0.3) is 0 Å². The highest BCUT2D eigenvalue weighted by Crippen LogP contribution is 1.99. The summed E-state index contributed by atoms with van der Waals surface area (Å²) in [4.78, 5) is 0. The molecule has 0 spiro atoms. The summed E-state index contributed by atoms with van der Waals surface area (Å²) >= 11 is 0. The fourth-order valence-electron chi connectivity index (χ4n) is 0.828. The van der Waals surface area contributed by atoms with Crippen LogP contribution in [0.4, 0.5) is 0 Å². The van der Waals surface area contributed by atoms with Crippen LogP contribution in [0.3, 0.4) is 0 Å². The monoisotopic (exact) mass is 196 g/mol. The molecule has 0 aromatic carbocycles.